The lowest BCUT2D eigenvalue weighted by atomic mass is 10.2. The van der Waals surface area contributed by atoms with Crippen molar-refractivity contribution in [2.75, 3.05) is 24.6 Å². The van der Waals surface area contributed by atoms with Crippen LogP contribution in [0.15, 0.2) is 29.2 Å². The molecular weight excluding hydrogens is 346 g/mol. The molecule has 0 bridgehead atoms. The van der Waals surface area contributed by atoms with Gasteiger partial charge in [0.1, 0.15) is 0 Å². The zero-order valence-corrected chi connectivity index (χ0v) is 14.4. The summed E-state index contributed by atoms with van der Waals surface area (Å²) in [5, 5.41) is -0.439. The van der Waals surface area contributed by atoms with E-state index in [0.717, 1.165) is 25.9 Å². The molecule has 0 aliphatic carbocycles. The normalized spacial score (nSPS) is 29.0. The lowest BCUT2D eigenvalue weighted by Crippen LogP contribution is -2.45. The van der Waals surface area contributed by atoms with Gasteiger partial charge in [-0.1, -0.05) is 11.6 Å². The number of rotatable bonds is 3. The van der Waals surface area contributed by atoms with E-state index >= 15 is 0 Å². The van der Waals surface area contributed by atoms with Crippen molar-refractivity contribution in [3.8, 4) is 0 Å². The van der Waals surface area contributed by atoms with Crippen LogP contribution in [0.2, 0.25) is 5.02 Å². The van der Waals surface area contributed by atoms with Crippen LogP contribution in [0.4, 0.5) is 0 Å². The Labute approximate surface area is 136 Å². The number of halogens is 1. The second kappa shape index (κ2) is 5.78. The molecule has 2 heterocycles. The number of sulfone groups is 2. The van der Waals surface area contributed by atoms with Crippen LogP contribution < -0.4 is 0 Å². The maximum absolute atomic E-state index is 12.9. The average molecular weight is 364 g/mol. The van der Waals surface area contributed by atoms with Crippen LogP contribution in [0.1, 0.15) is 12.8 Å². The molecule has 0 unspecified atom stereocenters. The first-order valence-corrected chi connectivity index (χ1v) is 11.0. The Kier molecular flexibility index (Phi) is 4.26. The Bertz CT molecular complexity index is 753. The van der Waals surface area contributed by atoms with Crippen molar-refractivity contribution in [3.05, 3.63) is 29.3 Å². The van der Waals surface area contributed by atoms with Gasteiger partial charge in [-0.05, 0) is 50.2 Å². The fourth-order valence-corrected chi connectivity index (χ4v) is 8.26. The summed E-state index contributed by atoms with van der Waals surface area (Å²) in [4.78, 5) is 2.16. The molecule has 2 saturated heterocycles. The molecule has 8 heteroatoms. The maximum atomic E-state index is 12.9. The lowest BCUT2D eigenvalue weighted by Gasteiger charge is -2.27. The van der Waals surface area contributed by atoms with Gasteiger partial charge in [0.05, 0.1) is 21.7 Å². The van der Waals surface area contributed by atoms with Gasteiger partial charge in [-0.15, -0.1) is 0 Å². The summed E-state index contributed by atoms with van der Waals surface area (Å²) in [6.07, 6.45) is 1.98. The van der Waals surface area contributed by atoms with Gasteiger partial charge >= 0.3 is 0 Å². The molecule has 2 fully saturated rings. The van der Waals surface area contributed by atoms with Crippen molar-refractivity contribution in [2.45, 2.75) is 29.0 Å². The molecule has 1 aromatic rings. The third kappa shape index (κ3) is 3.04. The van der Waals surface area contributed by atoms with Crippen LogP contribution in [0.5, 0.6) is 0 Å². The van der Waals surface area contributed by atoms with E-state index in [9.17, 15) is 16.8 Å². The van der Waals surface area contributed by atoms with Crippen LogP contribution in [0.3, 0.4) is 0 Å². The summed E-state index contributed by atoms with van der Waals surface area (Å²) in [6, 6.07) is 5.49. The molecule has 3 rings (SSSR count). The molecule has 5 nitrogen and oxygen atoms in total. The van der Waals surface area contributed by atoms with E-state index in [4.69, 9.17) is 11.6 Å². The van der Waals surface area contributed by atoms with E-state index in [2.05, 4.69) is 0 Å². The molecule has 22 heavy (non-hydrogen) atoms. The third-order valence-corrected chi connectivity index (χ3v) is 8.81. The van der Waals surface area contributed by atoms with Crippen LogP contribution >= 0.6 is 11.6 Å². The lowest BCUT2D eigenvalue weighted by molar-refractivity contribution is 0.264. The molecule has 2 atom stereocenters. The minimum atomic E-state index is -3.69. The Morgan fingerprint density at radius 2 is 1.64 bits per heavy atom. The van der Waals surface area contributed by atoms with Crippen LogP contribution in [-0.2, 0) is 19.7 Å². The minimum Gasteiger partial charge on any atom is -0.298 e. The zero-order valence-electron chi connectivity index (χ0n) is 12.0. The largest absolute Gasteiger partial charge is 0.298 e. The Hall–Kier alpha value is -0.630. The topological polar surface area (TPSA) is 71.5 Å². The standard InChI is InChI=1S/C14H18ClNO4S2/c15-11-3-5-12(6-4-11)22(19,20)14-10-21(17,18)9-13(14)16-7-1-2-8-16/h3-6,13-14H,1-2,7-10H2/t13-,14-/m0/s1. The SMILES string of the molecule is O=S1(=O)C[C@H](N2CCCC2)[C@@H](S(=O)(=O)c2ccc(Cl)cc2)C1. The van der Waals surface area contributed by atoms with Crippen molar-refractivity contribution in [2.24, 2.45) is 0 Å². The summed E-state index contributed by atoms with van der Waals surface area (Å²) in [5.41, 5.74) is 0. The molecule has 0 N–H and O–H groups in total. The first-order valence-electron chi connectivity index (χ1n) is 7.23. The fraction of sp³-hybridized carbons (Fsp3) is 0.571. The number of likely N-dealkylation sites (tertiary alicyclic amines) is 1. The number of nitrogens with zero attached hydrogens (tertiary/aromatic N) is 1. The first kappa shape index (κ1) is 16.2. The Morgan fingerprint density at radius 1 is 1.05 bits per heavy atom. The van der Waals surface area contributed by atoms with E-state index in [0.29, 0.717) is 5.02 Å². The molecule has 0 spiro atoms. The quantitative estimate of drug-likeness (QED) is 0.811. The molecule has 0 saturated carbocycles. The molecule has 2 aliphatic heterocycles. The second-order valence-electron chi connectivity index (χ2n) is 5.92. The van der Waals surface area contributed by atoms with Gasteiger partial charge in [-0.3, -0.25) is 4.90 Å². The Balaban J connectivity index is 1.97. The van der Waals surface area contributed by atoms with Gasteiger partial charge in [0.2, 0.25) is 0 Å². The number of benzene rings is 1. The highest BCUT2D eigenvalue weighted by molar-refractivity contribution is 7.96. The maximum Gasteiger partial charge on any atom is 0.183 e. The summed E-state index contributed by atoms with van der Waals surface area (Å²) >= 11 is 5.80. The smallest absolute Gasteiger partial charge is 0.183 e. The van der Waals surface area contributed by atoms with Gasteiger partial charge < -0.3 is 0 Å². The highest BCUT2D eigenvalue weighted by Gasteiger charge is 2.48. The van der Waals surface area contributed by atoms with Gasteiger partial charge in [0.25, 0.3) is 0 Å². The van der Waals surface area contributed by atoms with Crippen LogP contribution in [0.25, 0.3) is 0 Å². The van der Waals surface area contributed by atoms with Crippen molar-refractivity contribution in [3.63, 3.8) is 0 Å². The van der Waals surface area contributed by atoms with Crippen LogP contribution in [-0.4, -0.2) is 57.6 Å². The monoisotopic (exact) mass is 363 g/mol. The zero-order chi connectivity index (χ0) is 16.0. The highest BCUT2D eigenvalue weighted by Crippen LogP contribution is 2.31. The molecule has 122 valence electrons. The molecule has 0 amide bonds. The fourth-order valence-electron chi connectivity index (χ4n) is 3.31. The van der Waals surface area contributed by atoms with E-state index in [1.807, 2.05) is 4.90 Å². The highest BCUT2D eigenvalue weighted by atomic mass is 35.5. The van der Waals surface area contributed by atoms with Crippen molar-refractivity contribution >= 4 is 31.3 Å². The predicted molar refractivity (Wildman–Crippen MR) is 85.7 cm³/mol. The molecular formula is C14H18ClNO4S2. The van der Waals surface area contributed by atoms with E-state index in [-0.39, 0.29) is 16.4 Å². The molecule has 1 aromatic carbocycles. The summed E-state index contributed by atoms with van der Waals surface area (Å²) in [6.45, 7) is 1.54. The summed E-state index contributed by atoms with van der Waals surface area (Å²) < 4.78 is 49.8. The molecule has 0 aromatic heterocycles. The molecule has 2 aliphatic rings. The van der Waals surface area contributed by atoms with E-state index in [1.54, 1.807) is 0 Å². The first-order chi connectivity index (χ1) is 10.3. The van der Waals surface area contributed by atoms with Gasteiger partial charge in [0, 0.05) is 11.1 Å². The van der Waals surface area contributed by atoms with Gasteiger partial charge in [-0.25, -0.2) is 16.8 Å². The third-order valence-electron chi connectivity index (χ3n) is 4.42. The van der Waals surface area contributed by atoms with E-state index in [1.165, 1.54) is 24.3 Å². The van der Waals surface area contributed by atoms with Crippen molar-refractivity contribution in [1.29, 1.82) is 0 Å². The van der Waals surface area contributed by atoms with Gasteiger partial charge in [-0.2, -0.15) is 0 Å². The van der Waals surface area contributed by atoms with Crippen molar-refractivity contribution in [1.82, 2.24) is 4.90 Å². The number of hydrogen-bond donors (Lipinski definition) is 0. The Morgan fingerprint density at radius 3 is 2.23 bits per heavy atom. The van der Waals surface area contributed by atoms with E-state index < -0.39 is 31.0 Å². The minimum absolute atomic E-state index is 0.0650. The summed E-state index contributed by atoms with van der Waals surface area (Å²) in [7, 11) is -7.02. The molecule has 0 radical (unpaired) electrons. The summed E-state index contributed by atoms with van der Waals surface area (Å²) in [5.74, 6) is -0.358. The predicted octanol–water partition coefficient (Wildman–Crippen LogP) is 1.38. The van der Waals surface area contributed by atoms with Crippen molar-refractivity contribution < 1.29 is 16.8 Å². The number of hydrogen-bond acceptors (Lipinski definition) is 5. The van der Waals surface area contributed by atoms with Gasteiger partial charge in [0.15, 0.2) is 19.7 Å². The average Bonchev–Trinajstić information content (AvgIpc) is 3.06. The second-order valence-corrected chi connectivity index (χ2v) is 10.7. The van der Waals surface area contributed by atoms with Crippen LogP contribution in [0, 0.1) is 0 Å².